The number of hydrogen-bond donors (Lipinski definition) is 2. The molecule has 1 heterocycles. The average molecular weight is 254 g/mol. The van der Waals surface area contributed by atoms with Gasteiger partial charge in [-0.2, -0.15) is 0 Å². The fourth-order valence-corrected chi connectivity index (χ4v) is 1.83. The molecule has 0 aliphatic rings. The first-order chi connectivity index (χ1) is 8.11. The van der Waals surface area contributed by atoms with Gasteiger partial charge in [0.1, 0.15) is 11.6 Å². The molecule has 2 aromatic rings. The Bertz CT molecular complexity index is 524. The number of nitrogens with zero attached hydrogens (tertiary/aromatic N) is 1. The van der Waals surface area contributed by atoms with E-state index in [0.29, 0.717) is 10.8 Å². The van der Waals surface area contributed by atoms with Crippen LogP contribution in [0.25, 0.3) is 11.3 Å². The van der Waals surface area contributed by atoms with Crippen LogP contribution in [0, 0.1) is 5.82 Å². The molecule has 17 heavy (non-hydrogen) atoms. The maximum atomic E-state index is 12.9. The first-order valence-electron chi connectivity index (χ1n) is 5.37. The number of rotatable bonds is 3. The number of imidazole rings is 1. The number of hydrogen-bond acceptors (Lipinski definition) is 2. The molecule has 1 aromatic heterocycles. The lowest BCUT2D eigenvalue weighted by Crippen LogP contribution is -2.10. The third-order valence-corrected chi connectivity index (χ3v) is 2.92. The van der Waals surface area contributed by atoms with Crippen LogP contribution in [0.3, 0.4) is 0 Å². The van der Waals surface area contributed by atoms with Gasteiger partial charge in [0, 0.05) is 5.56 Å². The Labute approximate surface area is 104 Å². The molecule has 0 bridgehead atoms. The summed E-state index contributed by atoms with van der Waals surface area (Å²) in [7, 11) is 0. The fraction of sp³-hybridized carbons (Fsp3) is 0.250. The first kappa shape index (κ1) is 12.1. The third kappa shape index (κ3) is 2.48. The highest BCUT2D eigenvalue weighted by Gasteiger charge is 2.11. The summed E-state index contributed by atoms with van der Waals surface area (Å²) in [6.45, 7) is 1.98. The Kier molecular flexibility index (Phi) is 3.45. The van der Waals surface area contributed by atoms with E-state index in [0.717, 1.165) is 17.7 Å². The van der Waals surface area contributed by atoms with E-state index in [9.17, 15) is 4.39 Å². The smallest absolute Gasteiger partial charge is 0.124 e. The summed E-state index contributed by atoms with van der Waals surface area (Å²) in [4.78, 5) is 7.29. The van der Waals surface area contributed by atoms with Crippen LogP contribution in [0.1, 0.15) is 25.2 Å². The van der Waals surface area contributed by atoms with Gasteiger partial charge in [-0.3, -0.25) is 0 Å². The predicted molar refractivity (Wildman–Crippen MR) is 66.2 cm³/mol. The topological polar surface area (TPSA) is 54.7 Å². The first-order valence-corrected chi connectivity index (χ1v) is 5.75. The van der Waals surface area contributed by atoms with Crippen LogP contribution in [-0.2, 0) is 0 Å². The van der Waals surface area contributed by atoms with Crippen LogP contribution in [-0.4, -0.2) is 9.97 Å². The quantitative estimate of drug-likeness (QED) is 0.882. The second kappa shape index (κ2) is 4.85. The van der Waals surface area contributed by atoms with Crippen molar-refractivity contribution in [2.24, 2.45) is 5.73 Å². The van der Waals surface area contributed by atoms with Gasteiger partial charge in [-0.1, -0.05) is 18.5 Å². The monoisotopic (exact) mass is 253 g/mol. The molecule has 0 saturated carbocycles. The molecular formula is C12H13ClFN3. The molecule has 1 unspecified atom stereocenters. The lowest BCUT2D eigenvalue weighted by Gasteiger charge is -2.04. The molecule has 0 aliphatic carbocycles. The van der Waals surface area contributed by atoms with Crippen LogP contribution in [0.15, 0.2) is 24.4 Å². The van der Waals surface area contributed by atoms with Crippen LogP contribution in [0.2, 0.25) is 5.02 Å². The summed E-state index contributed by atoms with van der Waals surface area (Å²) in [5.74, 6) is 0.353. The van der Waals surface area contributed by atoms with Crippen LogP contribution >= 0.6 is 11.6 Å². The molecule has 90 valence electrons. The molecule has 0 radical (unpaired) electrons. The van der Waals surface area contributed by atoms with Crippen molar-refractivity contribution in [3.05, 3.63) is 41.1 Å². The summed E-state index contributed by atoms with van der Waals surface area (Å²) in [6, 6.07) is 4.13. The number of aromatic nitrogens is 2. The molecule has 2 rings (SSSR count). The van der Waals surface area contributed by atoms with Gasteiger partial charge >= 0.3 is 0 Å². The summed E-state index contributed by atoms with van der Waals surface area (Å²) >= 11 is 5.97. The molecule has 5 heteroatoms. The number of H-pyrrole nitrogens is 1. The zero-order chi connectivity index (χ0) is 12.4. The van der Waals surface area contributed by atoms with E-state index in [2.05, 4.69) is 9.97 Å². The molecule has 1 aromatic carbocycles. The van der Waals surface area contributed by atoms with Gasteiger partial charge in [-0.15, -0.1) is 0 Å². The predicted octanol–water partition coefficient (Wildman–Crippen LogP) is 3.28. The summed E-state index contributed by atoms with van der Waals surface area (Å²) in [6.07, 6.45) is 2.45. The zero-order valence-electron chi connectivity index (χ0n) is 9.37. The normalized spacial score (nSPS) is 12.7. The van der Waals surface area contributed by atoms with Crippen molar-refractivity contribution in [2.45, 2.75) is 19.4 Å². The number of nitrogens with two attached hydrogens (primary N) is 1. The number of halogens is 2. The second-order valence-corrected chi connectivity index (χ2v) is 4.23. The Morgan fingerprint density at radius 3 is 2.94 bits per heavy atom. The Morgan fingerprint density at radius 1 is 1.53 bits per heavy atom. The highest BCUT2D eigenvalue weighted by atomic mass is 35.5. The minimum atomic E-state index is -0.358. The van der Waals surface area contributed by atoms with E-state index in [4.69, 9.17) is 17.3 Å². The van der Waals surface area contributed by atoms with Crippen molar-refractivity contribution in [3.63, 3.8) is 0 Å². The van der Waals surface area contributed by atoms with E-state index in [1.807, 2.05) is 6.92 Å². The minimum Gasteiger partial charge on any atom is -0.341 e. The molecule has 0 fully saturated rings. The highest BCUT2D eigenvalue weighted by Crippen LogP contribution is 2.27. The summed E-state index contributed by atoms with van der Waals surface area (Å²) in [5, 5.41) is 0.352. The molecule has 1 atom stereocenters. The summed E-state index contributed by atoms with van der Waals surface area (Å²) in [5.41, 5.74) is 7.32. The maximum absolute atomic E-state index is 12.9. The van der Waals surface area contributed by atoms with E-state index < -0.39 is 0 Å². The maximum Gasteiger partial charge on any atom is 0.124 e. The standard InChI is InChI=1S/C12H13ClFN3/c1-2-10(15)12-16-6-11(17-12)8-4-3-7(14)5-9(8)13/h3-6,10H,2,15H2,1H3,(H,16,17). The van der Waals surface area contributed by atoms with E-state index in [1.165, 1.54) is 12.1 Å². The van der Waals surface area contributed by atoms with E-state index in [1.54, 1.807) is 12.3 Å². The Hall–Kier alpha value is -1.39. The molecule has 0 aliphatic heterocycles. The molecule has 0 saturated heterocycles. The van der Waals surface area contributed by atoms with Crippen LogP contribution in [0.4, 0.5) is 4.39 Å². The van der Waals surface area contributed by atoms with Crippen molar-refractivity contribution in [3.8, 4) is 11.3 Å². The van der Waals surface area contributed by atoms with Crippen LogP contribution < -0.4 is 5.73 Å². The molecule has 3 nitrogen and oxygen atoms in total. The van der Waals surface area contributed by atoms with Crippen molar-refractivity contribution in [2.75, 3.05) is 0 Å². The van der Waals surface area contributed by atoms with Gasteiger partial charge in [0.2, 0.25) is 0 Å². The number of nitrogens with one attached hydrogen (secondary N) is 1. The fourth-order valence-electron chi connectivity index (χ4n) is 1.56. The summed E-state index contributed by atoms with van der Waals surface area (Å²) < 4.78 is 12.9. The van der Waals surface area contributed by atoms with Gasteiger partial charge in [0.25, 0.3) is 0 Å². The Morgan fingerprint density at radius 2 is 2.29 bits per heavy atom. The zero-order valence-corrected chi connectivity index (χ0v) is 10.1. The number of aromatic amines is 1. The van der Waals surface area contributed by atoms with Gasteiger partial charge in [-0.25, -0.2) is 9.37 Å². The molecular weight excluding hydrogens is 241 g/mol. The molecule has 0 spiro atoms. The average Bonchev–Trinajstić information content (AvgIpc) is 2.77. The largest absolute Gasteiger partial charge is 0.341 e. The Balaban J connectivity index is 2.37. The van der Waals surface area contributed by atoms with Crippen molar-refractivity contribution >= 4 is 11.6 Å². The van der Waals surface area contributed by atoms with Gasteiger partial charge < -0.3 is 10.7 Å². The van der Waals surface area contributed by atoms with Crippen LogP contribution in [0.5, 0.6) is 0 Å². The molecule has 3 N–H and O–H groups in total. The van der Waals surface area contributed by atoms with Crippen molar-refractivity contribution < 1.29 is 4.39 Å². The SMILES string of the molecule is CCC(N)c1ncc(-c2ccc(F)cc2Cl)[nH]1. The lowest BCUT2D eigenvalue weighted by molar-refractivity contribution is 0.628. The third-order valence-electron chi connectivity index (χ3n) is 2.61. The van der Waals surface area contributed by atoms with Crippen molar-refractivity contribution in [1.82, 2.24) is 9.97 Å². The number of benzene rings is 1. The van der Waals surface area contributed by atoms with E-state index >= 15 is 0 Å². The minimum absolute atomic E-state index is 0.122. The van der Waals surface area contributed by atoms with Gasteiger partial charge in [0.15, 0.2) is 0 Å². The van der Waals surface area contributed by atoms with Gasteiger partial charge in [-0.05, 0) is 24.6 Å². The molecule has 0 amide bonds. The van der Waals surface area contributed by atoms with E-state index in [-0.39, 0.29) is 11.9 Å². The van der Waals surface area contributed by atoms with Gasteiger partial charge in [0.05, 0.1) is 23.0 Å². The lowest BCUT2D eigenvalue weighted by atomic mass is 10.1. The van der Waals surface area contributed by atoms with Crippen molar-refractivity contribution in [1.29, 1.82) is 0 Å². The highest BCUT2D eigenvalue weighted by molar-refractivity contribution is 6.33. The second-order valence-electron chi connectivity index (χ2n) is 3.82.